The highest BCUT2D eigenvalue weighted by Gasteiger charge is 2.18. The van der Waals surface area contributed by atoms with E-state index >= 15 is 0 Å². The normalized spacial score (nSPS) is 14.5. The second-order valence-corrected chi connectivity index (χ2v) is 5.79. The Labute approximate surface area is 134 Å². The Kier molecular flexibility index (Phi) is 4.30. The Morgan fingerprint density at radius 2 is 2.04 bits per heavy atom. The van der Waals surface area contributed by atoms with Gasteiger partial charge in [-0.25, -0.2) is 4.39 Å². The van der Waals surface area contributed by atoms with Gasteiger partial charge in [0.25, 0.3) is 5.91 Å². The molecule has 0 saturated carbocycles. The average Bonchev–Trinajstić information content (AvgIpc) is 2.93. The van der Waals surface area contributed by atoms with Gasteiger partial charge in [0.15, 0.2) is 0 Å². The van der Waals surface area contributed by atoms with Crippen LogP contribution in [0.1, 0.15) is 27.6 Å². The monoisotopic (exact) mass is 314 g/mol. The summed E-state index contributed by atoms with van der Waals surface area (Å²) < 4.78 is 12.8. The number of fused-ring (bicyclic) bond motifs is 1. The Bertz CT molecular complexity index is 715. The molecule has 2 aromatic carbocycles. The van der Waals surface area contributed by atoms with E-state index in [1.54, 1.807) is 0 Å². The second-order valence-electron chi connectivity index (χ2n) is 5.79. The van der Waals surface area contributed by atoms with Crippen molar-refractivity contribution in [1.29, 1.82) is 0 Å². The van der Waals surface area contributed by atoms with Crippen LogP contribution in [0.15, 0.2) is 42.5 Å². The first-order valence-electron chi connectivity index (χ1n) is 7.60. The van der Waals surface area contributed by atoms with E-state index in [1.165, 1.54) is 35.5 Å². The lowest BCUT2D eigenvalue weighted by molar-refractivity contribution is 0.0916. The van der Waals surface area contributed by atoms with Crippen LogP contribution in [0, 0.1) is 5.82 Å². The summed E-state index contributed by atoms with van der Waals surface area (Å²) in [6.07, 6.45) is 0.199. The van der Waals surface area contributed by atoms with Gasteiger partial charge < -0.3 is 15.3 Å². The summed E-state index contributed by atoms with van der Waals surface area (Å²) in [5, 5.41) is 12.9. The van der Waals surface area contributed by atoms with E-state index in [0.717, 1.165) is 18.5 Å². The minimum Gasteiger partial charge on any atom is -0.387 e. The van der Waals surface area contributed by atoms with Crippen molar-refractivity contribution in [2.24, 2.45) is 0 Å². The van der Waals surface area contributed by atoms with E-state index in [4.69, 9.17) is 0 Å². The third kappa shape index (κ3) is 3.35. The quantitative estimate of drug-likeness (QED) is 0.910. The number of hydrogen-bond acceptors (Lipinski definition) is 3. The summed E-state index contributed by atoms with van der Waals surface area (Å²) in [6, 6.07) is 11.2. The standard InChI is InChI=1S/C18H19FN2O2/c1-21-9-8-13-10-14(4-7-16(13)21)17(22)11-20-18(23)12-2-5-15(19)6-3-12/h2-7,10,17,22H,8-9,11H2,1H3,(H,20,23). The summed E-state index contributed by atoms with van der Waals surface area (Å²) in [7, 11) is 2.05. The summed E-state index contributed by atoms with van der Waals surface area (Å²) >= 11 is 0. The molecule has 2 aromatic rings. The highest BCUT2D eigenvalue weighted by atomic mass is 19.1. The molecule has 0 bridgehead atoms. The van der Waals surface area contributed by atoms with Crippen molar-refractivity contribution in [3.63, 3.8) is 0 Å². The molecule has 1 aliphatic rings. The van der Waals surface area contributed by atoms with Gasteiger partial charge in [-0.15, -0.1) is 0 Å². The summed E-state index contributed by atoms with van der Waals surface area (Å²) in [5.74, 6) is -0.713. The van der Waals surface area contributed by atoms with Crippen molar-refractivity contribution >= 4 is 11.6 Å². The SMILES string of the molecule is CN1CCc2cc(C(O)CNC(=O)c3ccc(F)cc3)ccc21. The molecular weight excluding hydrogens is 295 g/mol. The molecule has 4 nitrogen and oxygen atoms in total. The second kappa shape index (κ2) is 6.38. The van der Waals surface area contributed by atoms with Gasteiger partial charge in [0.05, 0.1) is 6.10 Å². The van der Waals surface area contributed by atoms with Crippen LogP contribution in [-0.4, -0.2) is 31.2 Å². The van der Waals surface area contributed by atoms with E-state index in [2.05, 4.69) is 10.2 Å². The number of rotatable bonds is 4. The molecule has 1 heterocycles. The number of benzene rings is 2. The molecule has 0 radical (unpaired) electrons. The zero-order valence-electron chi connectivity index (χ0n) is 12.9. The molecule has 0 aromatic heterocycles. The van der Waals surface area contributed by atoms with Crippen LogP contribution in [0.4, 0.5) is 10.1 Å². The molecule has 0 spiro atoms. The first-order chi connectivity index (χ1) is 11.0. The average molecular weight is 314 g/mol. The number of hydrogen-bond donors (Lipinski definition) is 2. The van der Waals surface area contributed by atoms with Gasteiger partial charge in [-0.05, 0) is 47.9 Å². The number of nitrogens with one attached hydrogen (secondary N) is 1. The van der Waals surface area contributed by atoms with Crippen LogP contribution in [0.5, 0.6) is 0 Å². The Balaban J connectivity index is 1.62. The zero-order chi connectivity index (χ0) is 16.4. The van der Waals surface area contributed by atoms with E-state index in [0.29, 0.717) is 5.56 Å². The van der Waals surface area contributed by atoms with Gasteiger partial charge in [-0.3, -0.25) is 4.79 Å². The number of halogens is 1. The molecule has 1 unspecified atom stereocenters. The third-order valence-corrected chi connectivity index (χ3v) is 4.18. The molecule has 3 rings (SSSR count). The number of anilines is 1. The number of carbonyl (C=O) groups excluding carboxylic acids is 1. The van der Waals surface area contributed by atoms with Crippen molar-refractivity contribution in [1.82, 2.24) is 5.32 Å². The molecule has 120 valence electrons. The summed E-state index contributed by atoms with van der Waals surface area (Å²) in [4.78, 5) is 14.2. The fraction of sp³-hybridized carbons (Fsp3) is 0.278. The van der Waals surface area contributed by atoms with Crippen LogP contribution in [-0.2, 0) is 6.42 Å². The Morgan fingerprint density at radius 1 is 1.30 bits per heavy atom. The number of likely N-dealkylation sites (N-methyl/N-ethyl adjacent to an activating group) is 1. The molecular formula is C18H19FN2O2. The number of aliphatic hydroxyl groups is 1. The van der Waals surface area contributed by atoms with Gasteiger partial charge in [-0.1, -0.05) is 12.1 Å². The van der Waals surface area contributed by atoms with E-state index in [1.807, 2.05) is 25.2 Å². The van der Waals surface area contributed by atoms with Crippen LogP contribution >= 0.6 is 0 Å². The fourth-order valence-corrected chi connectivity index (χ4v) is 2.80. The van der Waals surface area contributed by atoms with Crippen molar-refractivity contribution in [3.8, 4) is 0 Å². The van der Waals surface area contributed by atoms with Crippen LogP contribution < -0.4 is 10.2 Å². The molecule has 0 saturated heterocycles. The number of nitrogens with zero attached hydrogens (tertiary/aromatic N) is 1. The van der Waals surface area contributed by atoms with Gasteiger partial charge in [0, 0.05) is 31.4 Å². The minimum atomic E-state index is -0.768. The highest BCUT2D eigenvalue weighted by Crippen LogP contribution is 2.29. The highest BCUT2D eigenvalue weighted by molar-refractivity contribution is 5.94. The lowest BCUT2D eigenvalue weighted by Gasteiger charge is -2.15. The van der Waals surface area contributed by atoms with Crippen LogP contribution in [0.3, 0.4) is 0 Å². The zero-order valence-corrected chi connectivity index (χ0v) is 12.9. The topological polar surface area (TPSA) is 52.6 Å². The van der Waals surface area contributed by atoms with Gasteiger partial charge in [-0.2, -0.15) is 0 Å². The summed E-state index contributed by atoms with van der Waals surface area (Å²) in [6.45, 7) is 1.10. The number of amides is 1. The smallest absolute Gasteiger partial charge is 0.251 e. The van der Waals surface area contributed by atoms with Crippen molar-refractivity contribution in [2.75, 3.05) is 25.0 Å². The largest absolute Gasteiger partial charge is 0.387 e. The molecule has 2 N–H and O–H groups in total. The first kappa shape index (κ1) is 15.5. The molecule has 0 aliphatic carbocycles. The number of aliphatic hydroxyl groups excluding tert-OH is 1. The Morgan fingerprint density at radius 3 is 2.78 bits per heavy atom. The molecule has 1 amide bonds. The first-order valence-corrected chi connectivity index (χ1v) is 7.60. The molecule has 23 heavy (non-hydrogen) atoms. The van der Waals surface area contributed by atoms with Crippen molar-refractivity contribution in [2.45, 2.75) is 12.5 Å². The molecule has 0 fully saturated rings. The molecule has 1 aliphatic heterocycles. The third-order valence-electron chi connectivity index (χ3n) is 4.18. The predicted octanol–water partition coefficient (Wildman–Crippen LogP) is 2.28. The van der Waals surface area contributed by atoms with Crippen LogP contribution in [0.2, 0.25) is 0 Å². The lowest BCUT2D eigenvalue weighted by atomic mass is 10.0. The van der Waals surface area contributed by atoms with Gasteiger partial charge in [0.1, 0.15) is 5.82 Å². The lowest BCUT2D eigenvalue weighted by Crippen LogP contribution is -2.28. The van der Waals surface area contributed by atoms with Crippen molar-refractivity contribution < 1.29 is 14.3 Å². The maximum Gasteiger partial charge on any atom is 0.251 e. The molecule has 1 atom stereocenters. The summed E-state index contributed by atoms with van der Waals surface area (Å²) in [5.41, 5.74) is 3.57. The van der Waals surface area contributed by atoms with Crippen LogP contribution in [0.25, 0.3) is 0 Å². The fourth-order valence-electron chi connectivity index (χ4n) is 2.80. The molecule has 5 heteroatoms. The predicted molar refractivity (Wildman–Crippen MR) is 87.1 cm³/mol. The van der Waals surface area contributed by atoms with E-state index in [9.17, 15) is 14.3 Å². The van der Waals surface area contributed by atoms with Gasteiger partial charge in [0.2, 0.25) is 0 Å². The minimum absolute atomic E-state index is 0.116. The number of carbonyl (C=O) groups is 1. The van der Waals surface area contributed by atoms with Gasteiger partial charge >= 0.3 is 0 Å². The van der Waals surface area contributed by atoms with Crippen molar-refractivity contribution in [3.05, 3.63) is 65.0 Å². The maximum absolute atomic E-state index is 12.8. The van der Waals surface area contributed by atoms with E-state index in [-0.39, 0.29) is 18.3 Å². The van der Waals surface area contributed by atoms with E-state index < -0.39 is 6.10 Å². The maximum atomic E-state index is 12.8. The Hall–Kier alpha value is -2.40.